The Morgan fingerprint density at radius 1 is 1.24 bits per heavy atom. The van der Waals surface area contributed by atoms with E-state index in [1.54, 1.807) is 7.11 Å². The number of benzene rings is 2. The number of aryl methyl sites for hydroxylation is 1. The molecule has 0 bridgehead atoms. The molecule has 1 aliphatic rings. The van der Waals surface area contributed by atoms with Gasteiger partial charge in [-0.2, -0.15) is 0 Å². The third-order valence-corrected chi connectivity index (χ3v) is 3.87. The third kappa shape index (κ3) is 2.61. The van der Waals surface area contributed by atoms with Crippen LogP contribution in [0.2, 0.25) is 0 Å². The summed E-state index contributed by atoms with van der Waals surface area (Å²) in [5, 5.41) is 3.19. The van der Waals surface area contributed by atoms with E-state index in [0.717, 1.165) is 35.6 Å². The van der Waals surface area contributed by atoms with Crippen LogP contribution in [0.1, 0.15) is 11.1 Å². The first-order chi connectivity index (χ1) is 10.2. The zero-order valence-electron chi connectivity index (χ0n) is 12.8. The molecule has 110 valence electrons. The first-order valence-corrected chi connectivity index (χ1v) is 7.31. The number of rotatable bonds is 4. The van der Waals surface area contributed by atoms with E-state index in [-0.39, 0.29) is 6.10 Å². The molecule has 3 rings (SSSR count). The lowest BCUT2D eigenvalue weighted by Gasteiger charge is -2.14. The maximum atomic E-state index is 6.17. The number of para-hydroxylation sites is 1. The van der Waals surface area contributed by atoms with E-state index in [1.807, 2.05) is 25.2 Å². The van der Waals surface area contributed by atoms with Gasteiger partial charge in [-0.15, -0.1) is 0 Å². The maximum Gasteiger partial charge on any atom is 0.131 e. The summed E-state index contributed by atoms with van der Waals surface area (Å²) in [6.45, 7) is 2.99. The van der Waals surface area contributed by atoms with E-state index < -0.39 is 0 Å². The molecular weight excluding hydrogens is 262 g/mol. The molecule has 3 nitrogen and oxygen atoms in total. The molecule has 1 N–H and O–H groups in total. The lowest BCUT2D eigenvalue weighted by Crippen LogP contribution is -2.27. The van der Waals surface area contributed by atoms with Gasteiger partial charge in [-0.1, -0.05) is 24.3 Å². The minimum Gasteiger partial charge on any atom is -0.496 e. The number of methoxy groups -OCH3 is 1. The Morgan fingerprint density at radius 3 is 2.81 bits per heavy atom. The maximum absolute atomic E-state index is 6.17. The van der Waals surface area contributed by atoms with E-state index in [2.05, 4.69) is 30.4 Å². The molecule has 1 unspecified atom stereocenters. The minimum absolute atomic E-state index is 0.209. The predicted molar refractivity (Wildman–Crippen MR) is 85.2 cm³/mol. The predicted octanol–water partition coefficient (Wildman–Crippen LogP) is 3.19. The minimum atomic E-state index is 0.209. The number of hydrogen-bond acceptors (Lipinski definition) is 3. The van der Waals surface area contributed by atoms with Crippen LogP contribution in [0, 0.1) is 6.92 Å². The quantitative estimate of drug-likeness (QED) is 0.934. The number of likely N-dealkylation sites (N-methyl/N-ethyl adjacent to an activating group) is 1. The molecule has 0 fully saturated rings. The molecule has 2 aromatic carbocycles. The molecule has 0 saturated carbocycles. The SMILES string of the molecule is CNCC1Cc2cc(C)cc(-c3ccccc3OC)c2O1. The second-order valence-corrected chi connectivity index (χ2v) is 5.50. The fourth-order valence-electron chi connectivity index (χ4n) is 3.00. The van der Waals surface area contributed by atoms with E-state index in [9.17, 15) is 0 Å². The van der Waals surface area contributed by atoms with Crippen LogP contribution in [-0.4, -0.2) is 26.8 Å². The van der Waals surface area contributed by atoms with Crippen molar-refractivity contribution >= 4 is 0 Å². The van der Waals surface area contributed by atoms with Crippen molar-refractivity contribution in [2.45, 2.75) is 19.4 Å². The molecule has 0 aliphatic carbocycles. The lowest BCUT2D eigenvalue weighted by atomic mass is 9.97. The fraction of sp³-hybridized carbons (Fsp3) is 0.333. The van der Waals surface area contributed by atoms with Crippen molar-refractivity contribution < 1.29 is 9.47 Å². The molecule has 1 heterocycles. The van der Waals surface area contributed by atoms with Gasteiger partial charge in [0.2, 0.25) is 0 Å². The number of ether oxygens (including phenoxy) is 2. The molecule has 0 spiro atoms. The van der Waals surface area contributed by atoms with Gasteiger partial charge in [-0.3, -0.25) is 0 Å². The van der Waals surface area contributed by atoms with Crippen molar-refractivity contribution in [1.82, 2.24) is 5.32 Å². The molecule has 0 aromatic heterocycles. The smallest absolute Gasteiger partial charge is 0.131 e. The van der Waals surface area contributed by atoms with Crippen molar-refractivity contribution in [3.8, 4) is 22.6 Å². The van der Waals surface area contributed by atoms with Crippen LogP contribution in [0.5, 0.6) is 11.5 Å². The van der Waals surface area contributed by atoms with Crippen LogP contribution < -0.4 is 14.8 Å². The molecular formula is C18H21NO2. The van der Waals surface area contributed by atoms with Crippen LogP contribution in [0.15, 0.2) is 36.4 Å². The monoisotopic (exact) mass is 283 g/mol. The fourth-order valence-corrected chi connectivity index (χ4v) is 3.00. The highest BCUT2D eigenvalue weighted by atomic mass is 16.5. The van der Waals surface area contributed by atoms with Crippen molar-refractivity contribution in [3.63, 3.8) is 0 Å². The van der Waals surface area contributed by atoms with Crippen molar-refractivity contribution in [1.29, 1.82) is 0 Å². The first-order valence-electron chi connectivity index (χ1n) is 7.31. The summed E-state index contributed by atoms with van der Waals surface area (Å²) in [6, 6.07) is 12.5. The molecule has 1 aliphatic heterocycles. The average Bonchev–Trinajstić information content (AvgIpc) is 2.89. The van der Waals surface area contributed by atoms with Crippen molar-refractivity contribution in [2.75, 3.05) is 20.7 Å². The second kappa shape index (κ2) is 5.78. The molecule has 3 heteroatoms. The Bertz CT molecular complexity index is 652. The number of fused-ring (bicyclic) bond motifs is 1. The van der Waals surface area contributed by atoms with Crippen molar-refractivity contribution in [2.24, 2.45) is 0 Å². The largest absolute Gasteiger partial charge is 0.496 e. The van der Waals surface area contributed by atoms with E-state index in [1.165, 1.54) is 11.1 Å². The Labute approximate surface area is 125 Å². The Balaban J connectivity index is 2.09. The van der Waals surface area contributed by atoms with Crippen molar-refractivity contribution in [3.05, 3.63) is 47.5 Å². The average molecular weight is 283 g/mol. The van der Waals surface area contributed by atoms with Crippen LogP contribution >= 0.6 is 0 Å². The summed E-state index contributed by atoms with van der Waals surface area (Å²) in [4.78, 5) is 0. The highest BCUT2D eigenvalue weighted by molar-refractivity contribution is 5.78. The topological polar surface area (TPSA) is 30.5 Å². The van der Waals surface area contributed by atoms with Gasteiger partial charge in [-0.25, -0.2) is 0 Å². The molecule has 2 aromatic rings. The van der Waals surface area contributed by atoms with Gasteiger partial charge in [0.05, 0.1) is 7.11 Å². The van der Waals surface area contributed by atoms with E-state index in [0.29, 0.717) is 0 Å². The number of hydrogen-bond donors (Lipinski definition) is 1. The van der Waals surface area contributed by atoms with Crippen LogP contribution in [-0.2, 0) is 6.42 Å². The van der Waals surface area contributed by atoms with E-state index in [4.69, 9.17) is 9.47 Å². The van der Waals surface area contributed by atoms with Gasteiger partial charge < -0.3 is 14.8 Å². The van der Waals surface area contributed by atoms with Crippen LogP contribution in [0.3, 0.4) is 0 Å². The van der Waals surface area contributed by atoms with Gasteiger partial charge in [-0.05, 0) is 37.2 Å². The summed E-state index contributed by atoms with van der Waals surface area (Å²) in [5.74, 6) is 1.89. The Kier molecular flexibility index (Phi) is 3.84. The summed E-state index contributed by atoms with van der Waals surface area (Å²) >= 11 is 0. The Hall–Kier alpha value is -2.00. The van der Waals surface area contributed by atoms with Gasteiger partial charge >= 0.3 is 0 Å². The second-order valence-electron chi connectivity index (χ2n) is 5.50. The standard InChI is InChI=1S/C18H21NO2/c1-12-8-13-10-14(11-19-2)21-18(13)16(9-12)15-6-4-5-7-17(15)20-3/h4-9,14,19H,10-11H2,1-3H3. The molecule has 0 radical (unpaired) electrons. The highest BCUT2D eigenvalue weighted by Gasteiger charge is 2.26. The third-order valence-electron chi connectivity index (χ3n) is 3.87. The zero-order valence-corrected chi connectivity index (χ0v) is 12.8. The normalized spacial score (nSPS) is 16.4. The van der Waals surface area contributed by atoms with Gasteiger partial charge in [0, 0.05) is 24.1 Å². The first kappa shape index (κ1) is 14.0. The van der Waals surface area contributed by atoms with Crippen LogP contribution in [0.25, 0.3) is 11.1 Å². The molecule has 0 saturated heterocycles. The summed E-state index contributed by atoms with van der Waals surface area (Å²) < 4.78 is 11.7. The van der Waals surface area contributed by atoms with Gasteiger partial charge in [0.15, 0.2) is 0 Å². The Morgan fingerprint density at radius 2 is 2.05 bits per heavy atom. The highest BCUT2D eigenvalue weighted by Crippen LogP contribution is 2.42. The molecule has 21 heavy (non-hydrogen) atoms. The van der Waals surface area contributed by atoms with Crippen LogP contribution in [0.4, 0.5) is 0 Å². The summed E-state index contributed by atoms with van der Waals surface area (Å²) in [6.07, 6.45) is 1.17. The lowest BCUT2D eigenvalue weighted by molar-refractivity contribution is 0.232. The van der Waals surface area contributed by atoms with Gasteiger partial charge in [0.25, 0.3) is 0 Å². The zero-order chi connectivity index (χ0) is 14.8. The summed E-state index contributed by atoms with van der Waals surface area (Å²) in [5.41, 5.74) is 4.76. The van der Waals surface area contributed by atoms with Gasteiger partial charge in [0.1, 0.15) is 17.6 Å². The molecule has 1 atom stereocenters. The summed E-state index contributed by atoms with van der Waals surface area (Å²) in [7, 11) is 3.66. The molecule has 0 amide bonds. The number of nitrogens with one attached hydrogen (secondary N) is 1. The van der Waals surface area contributed by atoms with E-state index >= 15 is 0 Å².